The van der Waals surface area contributed by atoms with Gasteiger partial charge in [-0.25, -0.2) is 4.79 Å². The Morgan fingerprint density at radius 1 is 1.22 bits per heavy atom. The van der Waals surface area contributed by atoms with Crippen molar-refractivity contribution in [1.82, 2.24) is 20.2 Å². The lowest BCUT2D eigenvalue weighted by Crippen LogP contribution is -2.08. The van der Waals surface area contributed by atoms with E-state index < -0.39 is 5.97 Å². The molecule has 0 aliphatic carbocycles. The molecule has 1 N–H and O–H groups in total. The van der Waals surface area contributed by atoms with E-state index in [1.807, 2.05) is 0 Å². The Bertz CT molecular complexity index is 965. The number of rotatable bonds is 7. The molecule has 0 saturated heterocycles. The molecule has 0 aliphatic rings. The standard InChI is InChI=1S/C18H18N4O4S/c1-4-25-17(24)14-10(2)15(20-11(14)3)13(23)9-27-18-22-21-16(26-18)12-5-7-19-8-6-12/h5-8,20H,4,9H2,1-3H3. The van der Waals surface area contributed by atoms with Crippen molar-refractivity contribution in [2.75, 3.05) is 12.4 Å². The van der Waals surface area contributed by atoms with Crippen LogP contribution in [-0.2, 0) is 4.74 Å². The van der Waals surface area contributed by atoms with Gasteiger partial charge in [-0.3, -0.25) is 9.78 Å². The number of H-pyrrole nitrogens is 1. The van der Waals surface area contributed by atoms with Gasteiger partial charge in [-0.1, -0.05) is 11.8 Å². The Morgan fingerprint density at radius 2 is 1.96 bits per heavy atom. The Hall–Kier alpha value is -2.94. The number of thioether (sulfide) groups is 1. The highest BCUT2D eigenvalue weighted by Crippen LogP contribution is 2.25. The van der Waals surface area contributed by atoms with Gasteiger partial charge in [-0.2, -0.15) is 0 Å². The Labute approximate surface area is 159 Å². The highest BCUT2D eigenvalue weighted by atomic mass is 32.2. The lowest BCUT2D eigenvalue weighted by Gasteiger charge is -2.02. The average Bonchev–Trinajstić information content (AvgIpc) is 3.25. The normalized spacial score (nSPS) is 10.8. The highest BCUT2D eigenvalue weighted by molar-refractivity contribution is 7.99. The number of nitrogens with one attached hydrogen (secondary N) is 1. The third-order valence-electron chi connectivity index (χ3n) is 3.86. The number of aromatic amines is 1. The highest BCUT2D eigenvalue weighted by Gasteiger charge is 2.23. The molecule has 27 heavy (non-hydrogen) atoms. The second-order valence-corrected chi connectivity index (χ2v) is 6.59. The second kappa shape index (κ2) is 8.17. The van der Waals surface area contributed by atoms with Gasteiger partial charge in [0.1, 0.15) is 0 Å². The van der Waals surface area contributed by atoms with Gasteiger partial charge in [0.25, 0.3) is 5.22 Å². The number of aryl methyl sites for hydroxylation is 1. The van der Waals surface area contributed by atoms with E-state index in [1.54, 1.807) is 45.3 Å². The molecule has 3 rings (SSSR count). The molecule has 0 saturated carbocycles. The molecule has 9 heteroatoms. The summed E-state index contributed by atoms with van der Waals surface area (Å²) in [5.41, 5.74) is 2.74. The van der Waals surface area contributed by atoms with E-state index in [0.717, 1.165) is 17.3 Å². The van der Waals surface area contributed by atoms with Crippen molar-refractivity contribution in [3.8, 4) is 11.5 Å². The van der Waals surface area contributed by atoms with E-state index in [4.69, 9.17) is 9.15 Å². The molecule has 0 bridgehead atoms. The Morgan fingerprint density at radius 3 is 2.67 bits per heavy atom. The maximum Gasteiger partial charge on any atom is 0.340 e. The van der Waals surface area contributed by atoms with Crippen LogP contribution in [0.25, 0.3) is 11.5 Å². The monoisotopic (exact) mass is 386 g/mol. The molecule has 0 atom stereocenters. The maximum atomic E-state index is 12.6. The number of hydrogen-bond acceptors (Lipinski definition) is 8. The number of carbonyl (C=O) groups excluding carboxylic acids is 2. The third kappa shape index (κ3) is 4.08. The largest absolute Gasteiger partial charge is 0.462 e. The molecule has 3 heterocycles. The summed E-state index contributed by atoms with van der Waals surface area (Å²) in [5.74, 6) is -0.140. The molecule has 0 aromatic carbocycles. The smallest absolute Gasteiger partial charge is 0.340 e. The second-order valence-electron chi connectivity index (χ2n) is 5.67. The predicted octanol–water partition coefficient (Wildman–Crippen LogP) is 3.23. The Kier molecular flexibility index (Phi) is 5.70. The van der Waals surface area contributed by atoms with Crippen molar-refractivity contribution in [3.05, 3.63) is 47.0 Å². The summed E-state index contributed by atoms with van der Waals surface area (Å²) in [5, 5.41) is 8.21. The molecule has 0 spiro atoms. The summed E-state index contributed by atoms with van der Waals surface area (Å²) >= 11 is 1.14. The topological polar surface area (TPSA) is 111 Å². The number of carbonyl (C=O) groups is 2. The van der Waals surface area contributed by atoms with Crippen LogP contribution in [-0.4, -0.2) is 44.3 Å². The van der Waals surface area contributed by atoms with E-state index in [9.17, 15) is 9.59 Å². The van der Waals surface area contributed by atoms with E-state index >= 15 is 0 Å². The Balaban J connectivity index is 1.69. The molecular weight excluding hydrogens is 368 g/mol. The van der Waals surface area contributed by atoms with Crippen LogP contribution < -0.4 is 0 Å². The number of esters is 1. The van der Waals surface area contributed by atoms with Gasteiger partial charge < -0.3 is 14.1 Å². The van der Waals surface area contributed by atoms with Crippen molar-refractivity contribution < 1.29 is 18.7 Å². The minimum absolute atomic E-state index is 0.0983. The molecule has 0 fully saturated rings. The van der Waals surface area contributed by atoms with E-state index in [1.165, 1.54) is 0 Å². The molecule has 140 valence electrons. The van der Waals surface area contributed by atoms with Crippen LogP contribution in [0.3, 0.4) is 0 Å². The van der Waals surface area contributed by atoms with E-state index in [0.29, 0.717) is 33.6 Å². The van der Waals surface area contributed by atoms with Crippen molar-refractivity contribution in [1.29, 1.82) is 0 Å². The summed E-state index contributed by atoms with van der Waals surface area (Å²) in [7, 11) is 0. The molecule has 0 unspecified atom stereocenters. The maximum absolute atomic E-state index is 12.6. The summed E-state index contributed by atoms with van der Waals surface area (Å²) in [6.07, 6.45) is 3.26. The first-order valence-corrected chi connectivity index (χ1v) is 9.26. The van der Waals surface area contributed by atoms with Gasteiger partial charge in [-0.05, 0) is 38.5 Å². The SMILES string of the molecule is CCOC(=O)c1c(C)[nH]c(C(=O)CSc2nnc(-c3ccncc3)o2)c1C. The zero-order valence-corrected chi connectivity index (χ0v) is 15.9. The predicted molar refractivity (Wildman–Crippen MR) is 98.8 cm³/mol. The van der Waals surface area contributed by atoms with Gasteiger partial charge in [0.2, 0.25) is 5.89 Å². The van der Waals surface area contributed by atoms with Crippen molar-refractivity contribution >= 4 is 23.5 Å². The fraction of sp³-hybridized carbons (Fsp3) is 0.278. The van der Waals surface area contributed by atoms with Crippen molar-refractivity contribution in [2.45, 2.75) is 26.0 Å². The average molecular weight is 386 g/mol. The molecule has 0 amide bonds. The fourth-order valence-corrected chi connectivity index (χ4v) is 3.25. The van der Waals surface area contributed by atoms with Gasteiger partial charge in [-0.15, -0.1) is 10.2 Å². The number of Topliss-reactive ketones (excluding diaryl/α,β-unsaturated/α-hetero) is 1. The number of aromatic nitrogens is 4. The van der Waals surface area contributed by atoms with Gasteiger partial charge >= 0.3 is 5.97 Å². The van der Waals surface area contributed by atoms with E-state index in [-0.39, 0.29) is 18.1 Å². The van der Waals surface area contributed by atoms with E-state index in [2.05, 4.69) is 20.2 Å². The number of ketones is 1. The molecule has 3 aromatic rings. The first-order chi connectivity index (χ1) is 13.0. The summed E-state index contributed by atoms with van der Waals surface area (Å²) in [6, 6.07) is 3.52. The first kappa shape index (κ1) is 18.8. The number of hydrogen-bond donors (Lipinski definition) is 1. The van der Waals surface area contributed by atoms with Gasteiger partial charge in [0.05, 0.1) is 23.6 Å². The van der Waals surface area contributed by atoms with Crippen LogP contribution in [0.2, 0.25) is 0 Å². The minimum atomic E-state index is -0.436. The van der Waals surface area contributed by atoms with Crippen molar-refractivity contribution in [3.63, 3.8) is 0 Å². The molecular formula is C18H18N4O4S. The summed E-state index contributed by atoms with van der Waals surface area (Å²) in [4.78, 5) is 31.5. The molecule has 3 aromatic heterocycles. The number of nitrogens with zero attached hydrogens (tertiary/aromatic N) is 3. The molecule has 8 nitrogen and oxygen atoms in total. The van der Waals surface area contributed by atoms with Gasteiger partial charge in [0, 0.05) is 23.7 Å². The number of pyridine rings is 1. The van der Waals surface area contributed by atoms with Crippen LogP contribution in [0.4, 0.5) is 0 Å². The minimum Gasteiger partial charge on any atom is -0.462 e. The lowest BCUT2D eigenvalue weighted by molar-refractivity contribution is 0.0525. The van der Waals surface area contributed by atoms with Crippen LogP contribution in [0.5, 0.6) is 0 Å². The van der Waals surface area contributed by atoms with Crippen LogP contribution in [0, 0.1) is 13.8 Å². The quantitative estimate of drug-likeness (QED) is 0.374. The molecule has 0 aliphatic heterocycles. The van der Waals surface area contributed by atoms with Crippen LogP contribution in [0.1, 0.15) is 39.0 Å². The first-order valence-electron chi connectivity index (χ1n) is 8.27. The zero-order valence-electron chi connectivity index (χ0n) is 15.1. The summed E-state index contributed by atoms with van der Waals surface area (Å²) < 4.78 is 10.6. The molecule has 0 radical (unpaired) electrons. The number of ether oxygens (including phenoxy) is 1. The van der Waals surface area contributed by atoms with Crippen LogP contribution >= 0.6 is 11.8 Å². The van der Waals surface area contributed by atoms with Crippen molar-refractivity contribution in [2.24, 2.45) is 0 Å². The lowest BCUT2D eigenvalue weighted by atomic mass is 10.1. The third-order valence-corrected chi connectivity index (χ3v) is 4.67. The van der Waals surface area contributed by atoms with Gasteiger partial charge in [0.15, 0.2) is 5.78 Å². The fourth-order valence-electron chi connectivity index (χ4n) is 2.62. The summed E-state index contributed by atoms with van der Waals surface area (Å²) in [6.45, 7) is 5.48. The van der Waals surface area contributed by atoms with Crippen LogP contribution in [0.15, 0.2) is 34.2 Å². The zero-order chi connectivity index (χ0) is 19.4.